The van der Waals surface area contributed by atoms with Gasteiger partial charge < -0.3 is 10.4 Å². The maximum Gasteiger partial charge on any atom is 0.390 e. The first kappa shape index (κ1) is 18.1. The van der Waals surface area contributed by atoms with Crippen LogP contribution in [0.3, 0.4) is 0 Å². The lowest BCUT2D eigenvalue weighted by molar-refractivity contribution is -0.148. The van der Waals surface area contributed by atoms with Gasteiger partial charge in [-0.1, -0.05) is 17.7 Å². The number of halogens is 4. The Hall–Kier alpha value is -0.980. The van der Waals surface area contributed by atoms with E-state index in [1.54, 1.807) is 17.0 Å². The van der Waals surface area contributed by atoms with Gasteiger partial charge in [0.1, 0.15) is 5.75 Å². The van der Waals surface area contributed by atoms with E-state index in [0.717, 1.165) is 5.56 Å². The summed E-state index contributed by atoms with van der Waals surface area (Å²) in [5, 5.41) is 13.0. The predicted octanol–water partition coefficient (Wildman–Crippen LogP) is 3.02. The van der Waals surface area contributed by atoms with Crippen molar-refractivity contribution < 1.29 is 18.3 Å². The molecule has 0 radical (unpaired) electrons. The van der Waals surface area contributed by atoms with Crippen molar-refractivity contribution in [3.05, 3.63) is 29.3 Å². The lowest BCUT2D eigenvalue weighted by atomic mass is 9.98. The Morgan fingerprint density at radius 1 is 1.29 bits per heavy atom. The number of benzene rings is 1. The first-order chi connectivity index (χ1) is 9.37. The van der Waals surface area contributed by atoms with Crippen LogP contribution in [0, 0.1) is 6.92 Å². The van der Waals surface area contributed by atoms with Crippen LogP contribution in [-0.2, 0) is 0 Å². The Kier molecular flexibility index (Phi) is 6.31. The number of hydrogen-bond acceptors (Lipinski definition) is 3. The highest BCUT2D eigenvalue weighted by molar-refractivity contribution is 5.85. The van der Waals surface area contributed by atoms with Crippen LogP contribution in [0.5, 0.6) is 5.75 Å². The number of rotatable bonds is 3. The van der Waals surface area contributed by atoms with Gasteiger partial charge in [0.15, 0.2) is 0 Å². The van der Waals surface area contributed by atoms with E-state index in [0.29, 0.717) is 31.7 Å². The first-order valence-electron chi connectivity index (χ1n) is 6.68. The molecule has 120 valence electrons. The Balaban J connectivity index is 0.00000220. The second-order valence-corrected chi connectivity index (χ2v) is 5.18. The van der Waals surface area contributed by atoms with Crippen LogP contribution >= 0.6 is 12.4 Å². The zero-order valence-electron chi connectivity index (χ0n) is 11.8. The summed E-state index contributed by atoms with van der Waals surface area (Å²) in [4.78, 5) is 1.79. The zero-order chi connectivity index (χ0) is 14.8. The molecular formula is C14H20ClF3N2O. The molecule has 2 N–H and O–H groups in total. The molecule has 1 fully saturated rings. The monoisotopic (exact) mass is 324 g/mol. The standard InChI is InChI=1S/C14H19F3N2O.ClH/c1-10-2-3-13(20)11(8-10)12(9-14(15,16)17)19-6-4-18-5-7-19;/h2-3,8,12,18,20H,4-7,9H2,1H3;1H/t12-;/m1./s1. The molecule has 0 spiro atoms. The first-order valence-corrected chi connectivity index (χ1v) is 6.68. The van der Waals surface area contributed by atoms with Crippen LogP contribution in [0.15, 0.2) is 18.2 Å². The molecule has 1 aliphatic rings. The van der Waals surface area contributed by atoms with Gasteiger partial charge in [-0.05, 0) is 13.0 Å². The van der Waals surface area contributed by atoms with Gasteiger partial charge in [0, 0.05) is 37.8 Å². The fourth-order valence-corrected chi connectivity index (χ4v) is 2.59. The van der Waals surface area contributed by atoms with E-state index < -0.39 is 18.6 Å². The van der Waals surface area contributed by atoms with Crippen molar-refractivity contribution in [2.24, 2.45) is 0 Å². The van der Waals surface area contributed by atoms with Crippen molar-refractivity contribution >= 4 is 12.4 Å². The van der Waals surface area contributed by atoms with Crippen molar-refractivity contribution in [2.75, 3.05) is 26.2 Å². The van der Waals surface area contributed by atoms with E-state index in [1.807, 2.05) is 6.92 Å². The summed E-state index contributed by atoms with van der Waals surface area (Å²) in [7, 11) is 0. The molecule has 21 heavy (non-hydrogen) atoms. The molecule has 7 heteroatoms. The molecule has 1 atom stereocenters. The number of nitrogens with zero attached hydrogens (tertiary/aromatic N) is 1. The highest BCUT2D eigenvalue weighted by Crippen LogP contribution is 2.37. The zero-order valence-corrected chi connectivity index (χ0v) is 12.6. The Morgan fingerprint density at radius 3 is 2.48 bits per heavy atom. The van der Waals surface area contributed by atoms with Crippen LogP contribution in [0.25, 0.3) is 0 Å². The number of aryl methyl sites for hydroxylation is 1. The molecule has 0 saturated carbocycles. The smallest absolute Gasteiger partial charge is 0.390 e. The highest BCUT2D eigenvalue weighted by Gasteiger charge is 2.37. The number of nitrogens with one attached hydrogen (secondary N) is 1. The van der Waals surface area contributed by atoms with E-state index >= 15 is 0 Å². The molecule has 0 aromatic heterocycles. The summed E-state index contributed by atoms with van der Waals surface area (Å²) in [6, 6.07) is 3.99. The minimum Gasteiger partial charge on any atom is -0.508 e. The number of phenolic OH excluding ortho intramolecular Hbond substituents is 1. The molecule has 2 rings (SSSR count). The summed E-state index contributed by atoms with van der Waals surface area (Å²) >= 11 is 0. The van der Waals surface area contributed by atoms with E-state index in [1.165, 1.54) is 6.07 Å². The molecule has 1 heterocycles. The fourth-order valence-electron chi connectivity index (χ4n) is 2.59. The molecule has 0 amide bonds. The van der Waals surface area contributed by atoms with Gasteiger partial charge in [0.25, 0.3) is 0 Å². The number of piperazine rings is 1. The van der Waals surface area contributed by atoms with Crippen molar-refractivity contribution in [3.63, 3.8) is 0 Å². The molecule has 0 aliphatic carbocycles. The third-order valence-electron chi connectivity index (χ3n) is 3.56. The van der Waals surface area contributed by atoms with Gasteiger partial charge in [0.05, 0.1) is 6.42 Å². The lowest BCUT2D eigenvalue weighted by Crippen LogP contribution is -2.46. The van der Waals surface area contributed by atoms with Gasteiger partial charge in [-0.2, -0.15) is 13.2 Å². The normalized spacial score (nSPS) is 18.1. The number of aromatic hydroxyl groups is 1. The maximum absolute atomic E-state index is 12.9. The SMILES string of the molecule is Cc1ccc(O)c([C@@H](CC(F)(F)F)N2CCNCC2)c1.Cl. The summed E-state index contributed by atoms with van der Waals surface area (Å²) in [6.07, 6.45) is -5.20. The second-order valence-electron chi connectivity index (χ2n) is 5.18. The van der Waals surface area contributed by atoms with Crippen molar-refractivity contribution in [1.82, 2.24) is 10.2 Å². The molecule has 1 aromatic rings. The topological polar surface area (TPSA) is 35.5 Å². The van der Waals surface area contributed by atoms with Gasteiger partial charge >= 0.3 is 6.18 Å². The molecule has 1 aromatic carbocycles. The molecular weight excluding hydrogens is 305 g/mol. The van der Waals surface area contributed by atoms with Crippen LogP contribution in [0.1, 0.15) is 23.6 Å². The van der Waals surface area contributed by atoms with E-state index in [9.17, 15) is 18.3 Å². The number of alkyl halides is 3. The molecule has 0 bridgehead atoms. The quantitative estimate of drug-likeness (QED) is 0.897. The molecule has 1 saturated heterocycles. The molecule has 1 aliphatic heterocycles. The lowest BCUT2D eigenvalue weighted by Gasteiger charge is -2.36. The van der Waals surface area contributed by atoms with Gasteiger partial charge in [-0.3, -0.25) is 4.90 Å². The Bertz CT molecular complexity index is 462. The van der Waals surface area contributed by atoms with Gasteiger partial charge in [-0.15, -0.1) is 12.4 Å². The van der Waals surface area contributed by atoms with Crippen molar-refractivity contribution in [2.45, 2.75) is 25.6 Å². The van der Waals surface area contributed by atoms with Crippen molar-refractivity contribution in [3.8, 4) is 5.75 Å². The summed E-state index contributed by atoms with van der Waals surface area (Å²) < 4.78 is 38.6. The minimum atomic E-state index is -4.26. The Morgan fingerprint density at radius 2 is 1.90 bits per heavy atom. The maximum atomic E-state index is 12.9. The summed E-state index contributed by atoms with van der Waals surface area (Å²) in [5.41, 5.74) is 1.21. The minimum absolute atomic E-state index is 0. The number of hydrogen-bond donors (Lipinski definition) is 2. The summed E-state index contributed by atoms with van der Waals surface area (Å²) in [6.45, 7) is 4.25. The fraction of sp³-hybridized carbons (Fsp3) is 0.571. The third-order valence-corrected chi connectivity index (χ3v) is 3.56. The van der Waals surface area contributed by atoms with E-state index in [4.69, 9.17) is 0 Å². The number of phenols is 1. The molecule has 3 nitrogen and oxygen atoms in total. The molecule has 0 unspecified atom stereocenters. The van der Waals surface area contributed by atoms with Gasteiger partial charge in [0.2, 0.25) is 0 Å². The average molecular weight is 325 g/mol. The van der Waals surface area contributed by atoms with E-state index in [-0.39, 0.29) is 18.2 Å². The third kappa shape index (κ3) is 5.05. The highest BCUT2D eigenvalue weighted by atomic mass is 35.5. The van der Waals surface area contributed by atoms with Gasteiger partial charge in [-0.25, -0.2) is 0 Å². The van der Waals surface area contributed by atoms with Crippen LogP contribution in [-0.4, -0.2) is 42.4 Å². The van der Waals surface area contributed by atoms with Crippen molar-refractivity contribution in [1.29, 1.82) is 0 Å². The predicted molar refractivity (Wildman–Crippen MR) is 77.9 cm³/mol. The van der Waals surface area contributed by atoms with Crippen LogP contribution in [0.4, 0.5) is 13.2 Å². The van der Waals surface area contributed by atoms with E-state index in [2.05, 4.69) is 5.32 Å². The van der Waals surface area contributed by atoms with Crippen LogP contribution in [0.2, 0.25) is 0 Å². The average Bonchev–Trinajstić information content (AvgIpc) is 2.39. The second kappa shape index (κ2) is 7.33. The Labute approximate surface area is 128 Å². The summed E-state index contributed by atoms with van der Waals surface area (Å²) in [5.74, 6) is -0.0663. The largest absolute Gasteiger partial charge is 0.508 e. The van der Waals surface area contributed by atoms with Crippen LogP contribution < -0.4 is 5.32 Å².